The van der Waals surface area contributed by atoms with E-state index in [9.17, 15) is 14.4 Å². The fourth-order valence-electron chi connectivity index (χ4n) is 1.55. The smallest absolute Gasteiger partial charge is 0.344 e. The van der Waals surface area contributed by atoms with Crippen molar-refractivity contribution in [2.24, 2.45) is 0 Å². The van der Waals surface area contributed by atoms with E-state index in [-0.39, 0.29) is 30.7 Å². The molecule has 0 aliphatic carbocycles. The molecule has 20 heavy (non-hydrogen) atoms. The first-order chi connectivity index (χ1) is 9.43. The average Bonchev–Trinajstić information content (AvgIpc) is 2.36. The quantitative estimate of drug-likeness (QED) is 0.634. The Morgan fingerprint density at radius 2 is 1.90 bits per heavy atom. The molecule has 1 aromatic carbocycles. The number of amides is 1. The number of carbonyl (C=O) groups excluding carboxylic acids is 3. The minimum absolute atomic E-state index is 0.226. The normalized spacial score (nSPS) is 9.75. The molecule has 0 unspecified atom stereocenters. The molecule has 1 amide bonds. The Labute approximate surface area is 117 Å². The van der Waals surface area contributed by atoms with Gasteiger partial charge in [-0.1, -0.05) is 0 Å². The Bertz CT molecular complexity index is 524. The molecular weight excluding hydrogens is 262 g/mol. The molecule has 0 aromatic heterocycles. The molecular formula is C14H17NO5. The molecule has 0 saturated heterocycles. The SMILES string of the molecule is CCOC(=O)COc1ccc(NC(C)=O)cc1C(C)=O. The summed E-state index contributed by atoms with van der Waals surface area (Å²) >= 11 is 0. The van der Waals surface area contributed by atoms with Gasteiger partial charge in [-0.05, 0) is 32.0 Å². The number of ether oxygens (including phenoxy) is 2. The summed E-state index contributed by atoms with van der Waals surface area (Å²) in [4.78, 5) is 33.8. The van der Waals surface area contributed by atoms with Crippen LogP contribution in [-0.2, 0) is 14.3 Å². The number of nitrogens with one attached hydrogen (secondary N) is 1. The number of Topliss-reactive ketones (excluding diaryl/α,β-unsaturated/α-hetero) is 1. The molecule has 1 aromatic rings. The number of ketones is 1. The van der Waals surface area contributed by atoms with Crippen molar-refractivity contribution in [1.29, 1.82) is 0 Å². The van der Waals surface area contributed by atoms with E-state index in [1.165, 1.54) is 26.0 Å². The van der Waals surface area contributed by atoms with Crippen molar-refractivity contribution in [3.05, 3.63) is 23.8 Å². The zero-order valence-corrected chi connectivity index (χ0v) is 11.7. The lowest BCUT2D eigenvalue weighted by molar-refractivity contribution is -0.145. The van der Waals surface area contributed by atoms with Crippen molar-refractivity contribution in [3.63, 3.8) is 0 Å². The van der Waals surface area contributed by atoms with Crippen molar-refractivity contribution in [2.75, 3.05) is 18.5 Å². The van der Waals surface area contributed by atoms with Crippen LogP contribution in [-0.4, -0.2) is 30.9 Å². The van der Waals surface area contributed by atoms with Gasteiger partial charge in [-0.3, -0.25) is 9.59 Å². The molecule has 1 N–H and O–H groups in total. The summed E-state index contributed by atoms with van der Waals surface area (Å²) in [5.41, 5.74) is 0.784. The average molecular weight is 279 g/mol. The molecule has 0 saturated carbocycles. The van der Waals surface area contributed by atoms with Crippen LogP contribution >= 0.6 is 0 Å². The van der Waals surface area contributed by atoms with Gasteiger partial charge in [0.15, 0.2) is 12.4 Å². The molecule has 0 aliphatic rings. The first-order valence-corrected chi connectivity index (χ1v) is 6.15. The highest BCUT2D eigenvalue weighted by Gasteiger charge is 2.12. The number of esters is 1. The van der Waals surface area contributed by atoms with Crippen LogP contribution in [0.3, 0.4) is 0 Å². The van der Waals surface area contributed by atoms with Gasteiger partial charge < -0.3 is 14.8 Å². The Kier molecular flexibility index (Phi) is 5.71. The Balaban J connectivity index is 2.87. The summed E-state index contributed by atoms with van der Waals surface area (Å²) < 4.78 is 10.00. The highest BCUT2D eigenvalue weighted by molar-refractivity contribution is 5.99. The summed E-state index contributed by atoms with van der Waals surface area (Å²) in [6.07, 6.45) is 0. The van der Waals surface area contributed by atoms with Crippen LogP contribution < -0.4 is 10.1 Å². The second-order valence-electron chi connectivity index (χ2n) is 4.04. The Hall–Kier alpha value is -2.37. The largest absolute Gasteiger partial charge is 0.481 e. The molecule has 0 aliphatic heterocycles. The fourth-order valence-corrected chi connectivity index (χ4v) is 1.55. The van der Waals surface area contributed by atoms with E-state index in [0.29, 0.717) is 11.3 Å². The van der Waals surface area contributed by atoms with E-state index in [2.05, 4.69) is 5.32 Å². The zero-order valence-electron chi connectivity index (χ0n) is 11.7. The molecule has 0 fully saturated rings. The van der Waals surface area contributed by atoms with Crippen molar-refractivity contribution in [3.8, 4) is 5.75 Å². The fraction of sp³-hybridized carbons (Fsp3) is 0.357. The zero-order chi connectivity index (χ0) is 15.1. The van der Waals surface area contributed by atoms with Crippen LogP contribution in [0.5, 0.6) is 5.75 Å². The molecule has 6 nitrogen and oxygen atoms in total. The molecule has 1 rings (SSSR count). The topological polar surface area (TPSA) is 81.7 Å². The van der Waals surface area contributed by atoms with E-state index >= 15 is 0 Å². The minimum atomic E-state index is -0.507. The van der Waals surface area contributed by atoms with Gasteiger partial charge in [0.2, 0.25) is 5.91 Å². The summed E-state index contributed by atoms with van der Waals surface area (Å²) in [6.45, 7) is 4.45. The maximum Gasteiger partial charge on any atom is 0.344 e. The second-order valence-corrected chi connectivity index (χ2v) is 4.04. The van der Waals surface area contributed by atoms with E-state index in [4.69, 9.17) is 9.47 Å². The van der Waals surface area contributed by atoms with Gasteiger partial charge in [-0.15, -0.1) is 0 Å². The molecule has 0 bridgehead atoms. The predicted octanol–water partition coefficient (Wildman–Crippen LogP) is 1.79. The van der Waals surface area contributed by atoms with Gasteiger partial charge in [-0.2, -0.15) is 0 Å². The van der Waals surface area contributed by atoms with E-state index < -0.39 is 5.97 Å². The first kappa shape index (κ1) is 15.7. The van der Waals surface area contributed by atoms with Crippen LogP contribution in [0.1, 0.15) is 31.1 Å². The van der Waals surface area contributed by atoms with E-state index in [1.807, 2.05) is 0 Å². The van der Waals surface area contributed by atoms with Crippen LogP contribution in [0.4, 0.5) is 5.69 Å². The first-order valence-electron chi connectivity index (χ1n) is 6.15. The standard InChI is InChI=1S/C14H17NO5/c1-4-19-14(18)8-20-13-6-5-11(15-10(3)17)7-12(13)9(2)16/h5-7H,4,8H2,1-3H3,(H,15,17). The number of hydrogen-bond donors (Lipinski definition) is 1. The van der Waals surface area contributed by atoms with Crippen LogP contribution in [0, 0.1) is 0 Å². The molecule has 0 heterocycles. The number of carbonyl (C=O) groups is 3. The molecule has 0 atom stereocenters. The molecule has 0 spiro atoms. The van der Waals surface area contributed by atoms with E-state index in [0.717, 1.165) is 0 Å². The van der Waals surface area contributed by atoms with Crippen molar-refractivity contribution >= 4 is 23.3 Å². The van der Waals surface area contributed by atoms with Crippen molar-refractivity contribution < 1.29 is 23.9 Å². The van der Waals surface area contributed by atoms with Crippen molar-refractivity contribution in [2.45, 2.75) is 20.8 Å². The maximum absolute atomic E-state index is 11.6. The number of hydrogen-bond acceptors (Lipinski definition) is 5. The summed E-state index contributed by atoms with van der Waals surface area (Å²) in [5.74, 6) is -0.691. The number of benzene rings is 1. The minimum Gasteiger partial charge on any atom is -0.481 e. The summed E-state index contributed by atoms with van der Waals surface area (Å²) in [5, 5.41) is 2.57. The van der Waals surface area contributed by atoms with Crippen LogP contribution in [0.25, 0.3) is 0 Å². The lowest BCUT2D eigenvalue weighted by Crippen LogP contribution is -2.16. The third-order valence-electron chi connectivity index (χ3n) is 2.33. The van der Waals surface area contributed by atoms with Crippen LogP contribution in [0.15, 0.2) is 18.2 Å². The highest BCUT2D eigenvalue weighted by atomic mass is 16.6. The molecule has 108 valence electrons. The second kappa shape index (κ2) is 7.28. The third kappa shape index (κ3) is 4.72. The van der Waals surface area contributed by atoms with Gasteiger partial charge in [-0.25, -0.2) is 4.79 Å². The summed E-state index contributed by atoms with van der Waals surface area (Å²) in [6, 6.07) is 4.62. The van der Waals surface area contributed by atoms with Gasteiger partial charge in [0, 0.05) is 12.6 Å². The Morgan fingerprint density at radius 1 is 1.20 bits per heavy atom. The highest BCUT2D eigenvalue weighted by Crippen LogP contribution is 2.23. The van der Waals surface area contributed by atoms with Crippen molar-refractivity contribution in [1.82, 2.24) is 0 Å². The van der Waals surface area contributed by atoms with Gasteiger partial charge >= 0.3 is 5.97 Å². The predicted molar refractivity (Wildman–Crippen MR) is 72.9 cm³/mol. The lowest BCUT2D eigenvalue weighted by atomic mass is 10.1. The van der Waals surface area contributed by atoms with Gasteiger partial charge in [0.1, 0.15) is 5.75 Å². The Morgan fingerprint density at radius 3 is 2.45 bits per heavy atom. The lowest BCUT2D eigenvalue weighted by Gasteiger charge is -2.11. The van der Waals surface area contributed by atoms with Crippen LogP contribution in [0.2, 0.25) is 0 Å². The number of anilines is 1. The number of rotatable bonds is 6. The maximum atomic E-state index is 11.6. The monoisotopic (exact) mass is 279 g/mol. The van der Waals surface area contributed by atoms with Gasteiger partial charge in [0.25, 0.3) is 0 Å². The third-order valence-corrected chi connectivity index (χ3v) is 2.33. The molecule has 0 radical (unpaired) electrons. The molecule has 6 heteroatoms. The summed E-state index contributed by atoms with van der Waals surface area (Å²) in [7, 11) is 0. The van der Waals surface area contributed by atoms with E-state index in [1.54, 1.807) is 13.0 Å². The van der Waals surface area contributed by atoms with Gasteiger partial charge in [0.05, 0.1) is 12.2 Å².